The average molecular weight is 311 g/mol. The molecule has 1 rings (SSSR count). The summed E-state index contributed by atoms with van der Waals surface area (Å²) in [5.41, 5.74) is -1.56. The van der Waals surface area contributed by atoms with Gasteiger partial charge in [-0.05, 0) is 6.07 Å². The van der Waals surface area contributed by atoms with E-state index in [1.54, 1.807) is 20.8 Å². The molecule has 0 saturated heterocycles. The van der Waals surface area contributed by atoms with Crippen LogP contribution in [0.5, 0.6) is 0 Å². The number of carbonyl (C=O) groups excluding carboxylic acids is 1. The number of methoxy groups -OCH3 is 1. The molecular formula is C12H14ClF3N2O2. The van der Waals surface area contributed by atoms with Gasteiger partial charge in [0.15, 0.2) is 0 Å². The maximum Gasteiger partial charge on any atom is 0.419 e. The Morgan fingerprint density at radius 2 is 1.90 bits per heavy atom. The number of nitrogens with zero attached hydrogens (tertiary/aromatic N) is 1. The van der Waals surface area contributed by atoms with Crippen molar-refractivity contribution < 1.29 is 22.7 Å². The van der Waals surface area contributed by atoms with E-state index in [1.807, 2.05) is 0 Å². The lowest BCUT2D eigenvalue weighted by atomic mass is 9.90. The average Bonchev–Trinajstić information content (AvgIpc) is 2.27. The number of hydrogen-bond donors (Lipinski definition) is 1. The first-order valence-corrected chi connectivity index (χ1v) is 5.97. The Hall–Kier alpha value is -1.50. The van der Waals surface area contributed by atoms with Crippen LogP contribution >= 0.6 is 11.6 Å². The Morgan fingerprint density at radius 1 is 1.35 bits per heavy atom. The SMILES string of the molecule is COC(=O)Nc1cc(C(F)(F)F)c(Cl)nc1C(C)(C)C. The first kappa shape index (κ1) is 16.6. The second-order valence-electron chi connectivity index (χ2n) is 5.09. The molecule has 0 unspecified atom stereocenters. The van der Waals surface area contributed by atoms with Crippen molar-refractivity contribution in [3.05, 3.63) is 22.5 Å². The summed E-state index contributed by atoms with van der Waals surface area (Å²) in [6, 6.07) is 0.757. The van der Waals surface area contributed by atoms with Crippen LogP contribution in [0.25, 0.3) is 0 Å². The summed E-state index contributed by atoms with van der Waals surface area (Å²) in [5, 5.41) is 1.57. The summed E-state index contributed by atoms with van der Waals surface area (Å²) in [7, 11) is 1.11. The Labute approximate surface area is 119 Å². The second kappa shape index (κ2) is 5.47. The predicted octanol–water partition coefficient (Wildman–Crippen LogP) is 4.23. The third-order valence-corrected chi connectivity index (χ3v) is 2.70. The number of aromatic nitrogens is 1. The van der Waals surface area contributed by atoms with E-state index in [0.29, 0.717) is 0 Å². The molecule has 1 amide bonds. The summed E-state index contributed by atoms with van der Waals surface area (Å²) in [6.45, 7) is 5.21. The van der Waals surface area contributed by atoms with E-state index in [2.05, 4.69) is 15.0 Å². The topological polar surface area (TPSA) is 51.2 Å². The number of rotatable bonds is 1. The van der Waals surface area contributed by atoms with Crippen molar-refractivity contribution in [2.45, 2.75) is 32.4 Å². The van der Waals surface area contributed by atoms with Gasteiger partial charge in [0.2, 0.25) is 0 Å². The van der Waals surface area contributed by atoms with E-state index in [1.165, 1.54) is 0 Å². The number of ether oxygens (including phenoxy) is 1. The molecule has 0 bridgehead atoms. The Bertz CT molecular complexity index is 525. The molecule has 0 aliphatic heterocycles. The van der Waals surface area contributed by atoms with Crippen LogP contribution < -0.4 is 5.32 Å². The number of pyridine rings is 1. The van der Waals surface area contributed by atoms with E-state index in [-0.39, 0.29) is 11.4 Å². The van der Waals surface area contributed by atoms with Gasteiger partial charge in [-0.25, -0.2) is 9.78 Å². The molecule has 4 nitrogen and oxygen atoms in total. The monoisotopic (exact) mass is 310 g/mol. The highest BCUT2D eigenvalue weighted by Crippen LogP contribution is 2.38. The van der Waals surface area contributed by atoms with Gasteiger partial charge >= 0.3 is 12.3 Å². The van der Waals surface area contributed by atoms with E-state index in [0.717, 1.165) is 13.2 Å². The lowest BCUT2D eigenvalue weighted by Gasteiger charge is -2.23. The first-order chi connectivity index (χ1) is 8.96. The molecule has 112 valence electrons. The summed E-state index contributed by atoms with van der Waals surface area (Å²) in [4.78, 5) is 15.0. The quantitative estimate of drug-likeness (QED) is 0.790. The molecule has 0 atom stereocenters. The van der Waals surface area contributed by atoms with E-state index < -0.39 is 28.4 Å². The van der Waals surface area contributed by atoms with Crippen LogP contribution in [0.1, 0.15) is 32.0 Å². The number of alkyl halides is 3. The van der Waals surface area contributed by atoms with E-state index >= 15 is 0 Å². The van der Waals surface area contributed by atoms with Crippen molar-refractivity contribution in [3.8, 4) is 0 Å². The third-order valence-electron chi connectivity index (χ3n) is 2.41. The lowest BCUT2D eigenvalue weighted by Crippen LogP contribution is -2.22. The maximum atomic E-state index is 12.8. The van der Waals surface area contributed by atoms with Crippen LogP contribution in [-0.4, -0.2) is 18.2 Å². The zero-order valence-corrected chi connectivity index (χ0v) is 12.1. The smallest absolute Gasteiger partial charge is 0.419 e. The zero-order chi connectivity index (χ0) is 15.7. The molecule has 1 aromatic heterocycles. The Balaban J connectivity index is 3.46. The molecule has 1 N–H and O–H groups in total. The lowest BCUT2D eigenvalue weighted by molar-refractivity contribution is -0.137. The molecule has 1 aromatic rings. The largest absolute Gasteiger partial charge is 0.453 e. The van der Waals surface area contributed by atoms with Gasteiger partial charge in [0.1, 0.15) is 5.15 Å². The van der Waals surface area contributed by atoms with Gasteiger partial charge in [-0.2, -0.15) is 13.2 Å². The Kier molecular flexibility index (Phi) is 4.53. The Morgan fingerprint density at radius 3 is 2.30 bits per heavy atom. The number of amides is 1. The predicted molar refractivity (Wildman–Crippen MR) is 69.0 cm³/mol. The summed E-state index contributed by atoms with van der Waals surface area (Å²) in [6.07, 6.45) is -5.54. The standard InChI is InChI=1S/C12H14ClF3N2O2/c1-11(2,3)8-7(17-10(19)20-4)5-6(9(13)18-8)12(14,15)16/h5H,1-4H3,(H,17,19). The van der Waals surface area contributed by atoms with Crippen molar-refractivity contribution in [1.29, 1.82) is 0 Å². The molecule has 0 fully saturated rings. The number of nitrogens with one attached hydrogen (secondary N) is 1. The highest BCUT2D eigenvalue weighted by atomic mass is 35.5. The van der Waals surface area contributed by atoms with Crippen LogP contribution in [0, 0.1) is 0 Å². The van der Waals surface area contributed by atoms with Crippen LogP contribution in [0.4, 0.5) is 23.7 Å². The van der Waals surface area contributed by atoms with Gasteiger partial charge in [-0.3, -0.25) is 5.32 Å². The number of carbonyl (C=O) groups is 1. The molecule has 0 spiro atoms. The van der Waals surface area contributed by atoms with Gasteiger partial charge in [0.05, 0.1) is 24.1 Å². The molecular weight excluding hydrogens is 297 g/mol. The number of hydrogen-bond acceptors (Lipinski definition) is 3. The van der Waals surface area contributed by atoms with Crippen molar-refractivity contribution in [2.75, 3.05) is 12.4 Å². The van der Waals surface area contributed by atoms with Crippen molar-refractivity contribution in [3.63, 3.8) is 0 Å². The van der Waals surface area contributed by atoms with Crippen molar-refractivity contribution >= 4 is 23.4 Å². The van der Waals surface area contributed by atoms with Gasteiger partial charge in [-0.1, -0.05) is 32.4 Å². The summed E-state index contributed by atoms with van der Waals surface area (Å²) < 4.78 is 42.8. The molecule has 0 aromatic carbocycles. The highest BCUT2D eigenvalue weighted by molar-refractivity contribution is 6.30. The minimum absolute atomic E-state index is 0.0823. The van der Waals surface area contributed by atoms with Crippen molar-refractivity contribution in [1.82, 2.24) is 4.98 Å². The van der Waals surface area contributed by atoms with Gasteiger partial charge in [0, 0.05) is 5.41 Å². The van der Waals surface area contributed by atoms with Crippen LogP contribution in [0.3, 0.4) is 0 Å². The fourth-order valence-electron chi connectivity index (χ4n) is 1.52. The second-order valence-corrected chi connectivity index (χ2v) is 5.45. The minimum atomic E-state index is -4.66. The number of halogens is 4. The van der Waals surface area contributed by atoms with Crippen molar-refractivity contribution in [2.24, 2.45) is 0 Å². The first-order valence-electron chi connectivity index (χ1n) is 5.60. The minimum Gasteiger partial charge on any atom is -0.453 e. The van der Waals surface area contributed by atoms with Crippen LogP contribution in [-0.2, 0) is 16.3 Å². The summed E-state index contributed by atoms with van der Waals surface area (Å²) >= 11 is 5.59. The highest BCUT2D eigenvalue weighted by Gasteiger charge is 2.36. The fourth-order valence-corrected chi connectivity index (χ4v) is 1.76. The molecule has 0 aliphatic rings. The normalized spacial score (nSPS) is 12.2. The van der Waals surface area contributed by atoms with Gasteiger partial charge < -0.3 is 4.74 Å². The molecule has 0 radical (unpaired) electrons. The van der Waals surface area contributed by atoms with Crippen LogP contribution in [0.15, 0.2) is 6.07 Å². The van der Waals surface area contributed by atoms with Gasteiger partial charge in [0.25, 0.3) is 0 Å². The molecule has 8 heteroatoms. The van der Waals surface area contributed by atoms with E-state index in [4.69, 9.17) is 11.6 Å². The van der Waals surface area contributed by atoms with E-state index in [9.17, 15) is 18.0 Å². The summed E-state index contributed by atoms with van der Waals surface area (Å²) in [5.74, 6) is 0. The molecule has 0 aliphatic carbocycles. The van der Waals surface area contributed by atoms with Gasteiger partial charge in [-0.15, -0.1) is 0 Å². The zero-order valence-electron chi connectivity index (χ0n) is 11.4. The fraction of sp³-hybridized carbons (Fsp3) is 0.500. The molecule has 1 heterocycles. The molecule has 0 saturated carbocycles. The maximum absolute atomic E-state index is 12.8. The number of anilines is 1. The third kappa shape index (κ3) is 3.75. The molecule has 20 heavy (non-hydrogen) atoms. The van der Waals surface area contributed by atoms with Crippen LogP contribution in [0.2, 0.25) is 5.15 Å².